The van der Waals surface area contributed by atoms with E-state index in [-0.39, 0.29) is 31.5 Å². The number of amides is 2. The van der Waals surface area contributed by atoms with Gasteiger partial charge in [-0.15, -0.1) is 0 Å². The summed E-state index contributed by atoms with van der Waals surface area (Å²) in [4.78, 5) is 48.5. The average molecular weight is 412 g/mol. The molecule has 1 aliphatic rings. The number of methoxy groups -OCH3 is 1. The zero-order valence-corrected chi connectivity index (χ0v) is 17.9. The van der Waals surface area contributed by atoms with Gasteiger partial charge in [0.25, 0.3) is 0 Å². The Morgan fingerprint density at radius 2 is 1.59 bits per heavy atom. The summed E-state index contributed by atoms with van der Waals surface area (Å²) in [5.74, 6) is -2.90. The molecule has 1 aliphatic heterocycles. The Labute approximate surface area is 171 Å². The summed E-state index contributed by atoms with van der Waals surface area (Å²) in [7, 11) is 1.51. The third kappa shape index (κ3) is 7.49. The lowest BCUT2D eigenvalue weighted by Gasteiger charge is -2.32. The molecule has 1 heterocycles. The van der Waals surface area contributed by atoms with E-state index in [1.165, 1.54) is 21.0 Å². The van der Waals surface area contributed by atoms with E-state index in [4.69, 9.17) is 14.2 Å². The van der Waals surface area contributed by atoms with E-state index in [9.17, 15) is 19.2 Å². The van der Waals surface area contributed by atoms with Gasteiger partial charge in [0.2, 0.25) is 11.8 Å². The van der Waals surface area contributed by atoms with Crippen molar-refractivity contribution in [1.29, 1.82) is 0 Å². The van der Waals surface area contributed by atoms with Crippen molar-refractivity contribution in [3.8, 4) is 0 Å². The molecule has 0 fully saturated rings. The molecule has 5 atom stereocenters. The molecular weight excluding hydrogens is 380 g/mol. The van der Waals surface area contributed by atoms with E-state index >= 15 is 0 Å². The van der Waals surface area contributed by atoms with Crippen molar-refractivity contribution in [2.45, 2.75) is 58.7 Å². The van der Waals surface area contributed by atoms with E-state index in [0.717, 1.165) is 0 Å². The van der Waals surface area contributed by atoms with E-state index in [1.54, 1.807) is 26.0 Å². The fraction of sp³-hybridized carbons (Fsp3) is 0.700. The van der Waals surface area contributed by atoms with Gasteiger partial charge in [-0.25, -0.2) is 9.59 Å². The van der Waals surface area contributed by atoms with Gasteiger partial charge in [-0.1, -0.05) is 26.0 Å². The van der Waals surface area contributed by atoms with Gasteiger partial charge in [0.15, 0.2) is 0 Å². The molecule has 0 unspecified atom stereocenters. The van der Waals surface area contributed by atoms with E-state index in [2.05, 4.69) is 10.6 Å². The molecule has 0 spiro atoms. The first-order chi connectivity index (χ1) is 13.5. The van der Waals surface area contributed by atoms with Crippen molar-refractivity contribution in [3.63, 3.8) is 0 Å². The minimum absolute atomic E-state index is 0.0234. The Hall–Kier alpha value is -2.42. The molecule has 0 saturated heterocycles. The fourth-order valence-electron chi connectivity index (χ4n) is 2.48. The summed E-state index contributed by atoms with van der Waals surface area (Å²) < 4.78 is 16.0. The third-order valence-electron chi connectivity index (χ3n) is 5.03. The summed E-state index contributed by atoms with van der Waals surface area (Å²) in [5, 5.41) is 5.10. The Bertz CT molecular complexity index is 649. The van der Waals surface area contributed by atoms with Crippen LogP contribution < -0.4 is 10.6 Å². The Morgan fingerprint density at radius 3 is 2.21 bits per heavy atom. The summed E-state index contributed by atoms with van der Waals surface area (Å²) in [6.45, 7) is 8.05. The number of cyclic esters (lactones) is 2. The molecule has 0 aromatic carbocycles. The minimum Gasteiger partial charge on any atom is -0.463 e. The highest BCUT2D eigenvalue weighted by Crippen LogP contribution is 2.23. The van der Waals surface area contributed by atoms with Gasteiger partial charge >= 0.3 is 11.9 Å². The van der Waals surface area contributed by atoms with Crippen LogP contribution in [0.2, 0.25) is 0 Å². The highest BCUT2D eigenvalue weighted by molar-refractivity contribution is 5.86. The molecule has 29 heavy (non-hydrogen) atoms. The smallest absolute Gasteiger partial charge is 0.328 e. The summed E-state index contributed by atoms with van der Waals surface area (Å²) >= 11 is 0. The molecule has 2 N–H and O–H groups in total. The number of hydrogen-bond acceptors (Lipinski definition) is 7. The third-order valence-corrected chi connectivity index (χ3v) is 5.03. The first-order valence-corrected chi connectivity index (χ1v) is 9.65. The van der Waals surface area contributed by atoms with Gasteiger partial charge in [-0.2, -0.15) is 0 Å². The van der Waals surface area contributed by atoms with Crippen molar-refractivity contribution >= 4 is 23.8 Å². The number of carbonyl (C=O) groups is 4. The van der Waals surface area contributed by atoms with Crippen molar-refractivity contribution < 1.29 is 33.4 Å². The number of ether oxygens (including phenoxy) is 3. The first-order valence-electron chi connectivity index (χ1n) is 9.65. The highest BCUT2D eigenvalue weighted by Gasteiger charge is 2.32. The van der Waals surface area contributed by atoms with Crippen molar-refractivity contribution in [2.24, 2.45) is 11.8 Å². The lowest BCUT2D eigenvalue weighted by molar-refractivity contribution is -0.158. The number of hydrogen-bond donors (Lipinski definition) is 2. The van der Waals surface area contributed by atoms with Crippen LogP contribution in [0.3, 0.4) is 0 Å². The van der Waals surface area contributed by atoms with Crippen LogP contribution in [0.15, 0.2) is 12.2 Å². The molecule has 9 nitrogen and oxygen atoms in total. The predicted molar refractivity (Wildman–Crippen MR) is 105 cm³/mol. The SMILES string of the molecule is CO[C@@]1(C)COC(=O)[C@H](C)NC(=O)[C@@H](C)COC(=O)[C@@H](C)NC(=O)C/C=C/[C@@H]1C. The van der Waals surface area contributed by atoms with Gasteiger partial charge < -0.3 is 24.8 Å². The van der Waals surface area contributed by atoms with E-state index < -0.39 is 41.4 Å². The zero-order chi connectivity index (χ0) is 22.2. The molecule has 0 aromatic rings. The topological polar surface area (TPSA) is 120 Å². The molecule has 9 heteroatoms. The van der Waals surface area contributed by atoms with Crippen molar-refractivity contribution in [3.05, 3.63) is 12.2 Å². The number of carbonyl (C=O) groups excluding carboxylic acids is 4. The Kier molecular flexibility index (Phi) is 9.29. The summed E-state index contributed by atoms with van der Waals surface area (Å²) in [5.41, 5.74) is -0.817. The highest BCUT2D eigenvalue weighted by atomic mass is 16.6. The molecule has 0 aromatic heterocycles. The molecule has 0 radical (unpaired) electrons. The van der Waals surface area contributed by atoms with Crippen LogP contribution >= 0.6 is 0 Å². The lowest BCUT2D eigenvalue weighted by Crippen LogP contribution is -2.46. The van der Waals surface area contributed by atoms with E-state index in [0.29, 0.717) is 0 Å². The largest absolute Gasteiger partial charge is 0.463 e. The lowest BCUT2D eigenvalue weighted by atomic mass is 9.90. The second-order valence-electron chi connectivity index (χ2n) is 7.60. The van der Waals surface area contributed by atoms with Crippen LogP contribution in [0.25, 0.3) is 0 Å². The van der Waals surface area contributed by atoms with Crippen LogP contribution in [0.5, 0.6) is 0 Å². The molecule has 0 aliphatic carbocycles. The monoisotopic (exact) mass is 412 g/mol. The maximum Gasteiger partial charge on any atom is 0.328 e. The van der Waals surface area contributed by atoms with Crippen LogP contribution in [0, 0.1) is 11.8 Å². The second-order valence-corrected chi connectivity index (χ2v) is 7.60. The van der Waals surface area contributed by atoms with Gasteiger partial charge in [-0.05, 0) is 20.8 Å². The minimum atomic E-state index is -0.871. The van der Waals surface area contributed by atoms with Gasteiger partial charge in [-0.3, -0.25) is 9.59 Å². The standard InChI is InChI=1S/C20H32N2O7/c1-12-10-28-18(25)14(3)21-16(23)9-7-8-13(2)20(5,27-6)11-29-19(26)15(4)22-17(12)24/h7-8,12-15H,9-11H2,1-6H3,(H,21,23)(H,22,24)/b8-7+/t12-,13-,14+,15-,20-/m0/s1. The van der Waals surface area contributed by atoms with Crippen molar-refractivity contribution in [2.75, 3.05) is 20.3 Å². The summed E-state index contributed by atoms with van der Waals surface area (Å²) in [6.07, 6.45) is 3.53. The molecule has 0 saturated carbocycles. The molecule has 1 rings (SSSR count). The Balaban J connectivity index is 3.00. The van der Waals surface area contributed by atoms with Crippen molar-refractivity contribution in [1.82, 2.24) is 10.6 Å². The maximum atomic E-state index is 12.3. The first kappa shape index (κ1) is 24.6. The molecular formula is C20H32N2O7. The number of nitrogens with one attached hydrogen (secondary N) is 2. The van der Waals surface area contributed by atoms with Crippen LogP contribution in [0.1, 0.15) is 41.0 Å². The van der Waals surface area contributed by atoms with Gasteiger partial charge in [0, 0.05) is 19.4 Å². The number of esters is 2. The Morgan fingerprint density at radius 1 is 1.00 bits per heavy atom. The number of rotatable bonds is 1. The summed E-state index contributed by atoms with van der Waals surface area (Å²) in [6, 6.07) is -1.72. The molecule has 2 amide bonds. The van der Waals surface area contributed by atoms with Gasteiger partial charge in [0.05, 0.1) is 5.92 Å². The maximum absolute atomic E-state index is 12.3. The van der Waals surface area contributed by atoms with Crippen LogP contribution in [0.4, 0.5) is 0 Å². The van der Waals surface area contributed by atoms with Crippen LogP contribution in [-0.2, 0) is 33.4 Å². The quantitative estimate of drug-likeness (QED) is 0.481. The second kappa shape index (κ2) is 10.9. The van der Waals surface area contributed by atoms with E-state index in [1.807, 2.05) is 6.92 Å². The molecule has 164 valence electrons. The zero-order valence-electron chi connectivity index (χ0n) is 17.9. The molecule has 0 bridgehead atoms. The van der Waals surface area contributed by atoms with Gasteiger partial charge in [0.1, 0.15) is 30.9 Å². The average Bonchev–Trinajstić information content (AvgIpc) is 2.68. The fourth-order valence-corrected chi connectivity index (χ4v) is 2.48. The normalized spacial score (nSPS) is 34.7. The predicted octanol–water partition coefficient (Wildman–Crippen LogP) is 0.719. The van der Waals surface area contributed by atoms with Crippen LogP contribution in [-0.4, -0.2) is 61.8 Å².